The third-order valence-electron chi connectivity index (χ3n) is 5.73. The van der Waals surface area contributed by atoms with Crippen molar-refractivity contribution in [2.75, 3.05) is 26.9 Å². The molecule has 1 heterocycles. The maximum absolute atomic E-state index is 13.3. The van der Waals surface area contributed by atoms with Crippen molar-refractivity contribution in [3.05, 3.63) is 45.3 Å². The van der Waals surface area contributed by atoms with Gasteiger partial charge in [0.05, 0.1) is 24.3 Å². The minimum Gasteiger partial charge on any atom is -0.503 e. The first-order valence-corrected chi connectivity index (χ1v) is 11.0. The Hall–Kier alpha value is -2.51. The highest BCUT2D eigenvalue weighted by molar-refractivity contribution is 6.32. The second-order valence-corrected chi connectivity index (χ2v) is 9.22. The Bertz CT molecular complexity index is 994. The summed E-state index contributed by atoms with van der Waals surface area (Å²) in [6.07, 6.45) is 1.02. The number of methoxy groups -OCH3 is 1. The summed E-state index contributed by atoms with van der Waals surface area (Å²) in [5.41, 5.74) is 2.63. The van der Waals surface area contributed by atoms with Crippen molar-refractivity contribution in [3.8, 4) is 11.5 Å². The van der Waals surface area contributed by atoms with E-state index in [2.05, 4.69) is 5.32 Å². The highest BCUT2D eigenvalue weighted by Crippen LogP contribution is 2.48. The van der Waals surface area contributed by atoms with Crippen molar-refractivity contribution in [1.82, 2.24) is 5.32 Å². The lowest BCUT2D eigenvalue weighted by Gasteiger charge is -2.39. The molecule has 0 bridgehead atoms. The van der Waals surface area contributed by atoms with E-state index in [0.29, 0.717) is 41.9 Å². The van der Waals surface area contributed by atoms with Gasteiger partial charge in [0.2, 0.25) is 0 Å². The van der Waals surface area contributed by atoms with Gasteiger partial charge in [0.25, 0.3) is 0 Å². The van der Waals surface area contributed by atoms with E-state index in [4.69, 9.17) is 25.8 Å². The summed E-state index contributed by atoms with van der Waals surface area (Å²) in [6, 6.07) is 3.17. The Morgan fingerprint density at radius 3 is 2.66 bits per heavy atom. The number of ether oxygens (including phenoxy) is 3. The summed E-state index contributed by atoms with van der Waals surface area (Å²) in [7, 11) is 1.42. The number of hydrogen-bond donors (Lipinski definition) is 2. The molecule has 8 heteroatoms. The molecule has 2 N–H and O–H groups in total. The number of carbonyl (C=O) groups is 2. The third-order valence-corrected chi connectivity index (χ3v) is 6.02. The predicted molar refractivity (Wildman–Crippen MR) is 121 cm³/mol. The van der Waals surface area contributed by atoms with Crippen LogP contribution in [0.3, 0.4) is 0 Å². The van der Waals surface area contributed by atoms with Gasteiger partial charge in [0.1, 0.15) is 6.61 Å². The molecule has 1 aliphatic carbocycles. The molecule has 0 radical (unpaired) electrons. The van der Waals surface area contributed by atoms with Gasteiger partial charge in [-0.2, -0.15) is 0 Å². The zero-order valence-corrected chi connectivity index (χ0v) is 19.9. The van der Waals surface area contributed by atoms with Gasteiger partial charge in [-0.3, -0.25) is 4.79 Å². The molecule has 1 aromatic rings. The van der Waals surface area contributed by atoms with Crippen LogP contribution in [0.25, 0.3) is 0 Å². The Labute approximate surface area is 193 Å². The standard InChI is InChI=1S/C24H30ClNO6/c1-6-31-7-8-32-23(29)19-13(2)26-16-11-24(3,4)12-17(27)21(16)20(19)14-9-15(25)22(28)18(10-14)30-5/h9-10,20,26,28H,6-8,11-12H2,1-5H3. The van der Waals surface area contributed by atoms with Gasteiger partial charge in [-0.05, 0) is 43.4 Å². The number of nitrogens with one attached hydrogen (secondary N) is 1. The van der Waals surface area contributed by atoms with E-state index < -0.39 is 11.9 Å². The van der Waals surface area contributed by atoms with E-state index in [1.165, 1.54) is 7.11 Å². The van der Waals surface area contributed by atoms with Crippen LogP contribution in [0.4, 0.5) is 0 Å². The Morgan fingerprint density at radius 1 is 1.28 bits per heavy atom. The molecule has 0 saturated heterocycles. The average molecular weight is 464 g/mol. The molecule has 0 spiro atoms. The average Bonchev–Trinajstić information content (AvgIpc) is 2.71. The molecule has 7 nitrogen and oxygen atoms in total. The van der Waals surface area contributed by atoms with Gasteiger partial charge < -0.3 is 24.6 Å². The van der Waals surface area contributed by atoms with E-state index in [-0.39, 0.29) is 40.9 Å². The number of rotatable bonds is 7. The van der Waals surface area contributed by atoms with Crippen molar-refractivity contribution >= 4 is 23.4 Å². The van der Waals surface area contributed by atoms with Crippen molar-refractivity contribution in [1.29, 1.82) is 0 Å². The number of phenols is 1. The molecule has 174 valence electrons. The Morgan fingerprint density at radius 2 is 2.00 bits per heavy atom. The van der Waals surface area contributed by atoms with E-state index in [1.807, 2.05) is 20.8 Å². The molecule has 32 heavy (non-hydrogen) atoms. The smallest absolute Gasteiger partial charge is 0.336 e. The van der Waals surface area contributed by atoms with Crippen LogP contribution < -0.4 is 10.1 Å². The van der Waals surface area contributed by atoms with E-state index in [1.54, 1.807) is 19.1 Å². The summed E-state index contributed by atoms with van der Waals surface area (Å²) in [5.74, 6) is -1.30. The minimum atomic E-state index is -0.693. The first-order valence-electron chi connectivity index (χ1n) is 10.6. The number of phenolic OH excluding ortho intramolecular Hbond substituents is 1. The second-order valence-electron chi connectivity index (χ2n) is 8.82. The summed E-state index contributed by atoms with van der Waals surface area (Å²) >= 11 is 6.26. The fraction of sp³-hybridized carbons (Fsp3) is 0.500. The summed E-state index contributed by atoms with van der Waals surface area (Å²) in [6.45, 7) is 8.65. The van der Waals surface area contributed by atoms with Gasteiger partial charge in [-0.15, -0.1) is 0 Å². The lowest BCUT2D eigenvalue weighted by molar-refractivity contribution is -0.140. The predicted octanol–water partition coefficient (Wildman–Crippen LogP) is 4.24. The number of halogens is 1. The van der Waals surface area contributed by atoms with Crippen LogP contribution in [-0.4, -0.2) is 43.8 Å². The number of ketones is 1. The molecule has 0 saturated carbocycles. The van der Waals surface area contributed by atoms with Crippen LogP contribution in [0.5, 0.6) is 11.5 Å². The van der Waals surface area contributed by atoms with Crippen LogP contribution >= 0.6 is 11.6 Å². The van der Waals surface area contributed by atoms with Gasteiger partial charge in [0.15, 0.2) is 17.3 Å². The van der Waals surface area contributed by atoms with Crippen LogP contribution in [-0.2, 0) is 19.1 Å². The van der Waals surface area contributed by atoms with E-state index >= 15 is 0 Å². The van der Waals surface area contributed by atoms with Crippen molar-refractivity contribution < 1.29 is 28.9 Å². The van der Waals surface area contributed by atoms with Gasteiger partial charge >= 0.3 is 5.97 Å². The van der Waals surface area contributed by atoms with Crippen molar-refractivity contribution in [2.24, 2.45) is 5.41 Å². The maximum atomic E-state index is 13.3. The number of dihydropyridines is 1. The fourth-order valence-corrected chi connectivity index (χ4v) is 4.59. The van der Waals surface area contributed by atoms with Crippen LogP contribution in [0.15, 0.2) is 34.7 Å². The van der Waals surface area contributed by atoms with Crippen molar-refractivity contribution in [3.63, 3.8) is 0 Å². The minimum absolute atomic E-state index is 0.0379. The zero-order chi connectivity index (χ0) is 23.6. The highest BCUT2D eigenvalue weighted by atomic mass is 35.5. The first kappa shape index (κ1) is 24.1. The number of allylic oxidation sites excluding steroid dienone is 3. The normalized spacial score (nSPS) is 20.1. The molecular weight excluding hydrogens is 434 g/mol. The summed E-state index contributed by atoms with van der Waals surface area (Å²) in [4.78, 5) is 26.4. The van der Waals surface area contributed by atoms with Crippen LogP contribution in [0, 0.1) is 5.41 Å². The van der Waals surface area contributed by atoms with Crippen LogP contribution in [0.1, 0.15) is 52.0 Å². The van der Waals surface area contributed by atoms with E-state index in [0.717, 1.165) is 5.70 Å². The molecule has 2 aliphatic rings. The zero-order valence-electron chi connectivity index (χ0n) is 19.1. The highest BCUT2D eigenvalue weighted by Gasteiger charge is 2.43. The molecule has 1 unspecified atom stereocenters. The lowest BCUT2D eigenvalue weighted by atomic mass is 9.68. The number of hydrogen-bond acceptors (Lipinski definition) is 7. The number of Topliss-reactive ketones (excluding diaryl/α,β-unsaturated/α-hetero) is 1. The monoisotopic (exact) mass is 463 g/mol. The molecular formula is C24H30ClNO6. The molecule has 0 fully saturated rings. The molecule has 1 atom stereocenters. The second kappa shape index (κ2) is 9.55. The van der Waals surface area contributed by atoms with Gasteiger partial charge in [-0.1, -0.05) is 25.4 Å². The SMILES string of the molecule is CCOCCOC(=O)C1=C(C)NC2=C(C(=O)CC(C)(C)C2)C1c1cc(Cl)c(O)c(OC)c1. The molecule has 3 rings (SSSR count). The van der Waals surface area contributed by atoms with Gasteiger partial charge in [0, 0.05) is 35.9 Å². The molecule has 1 aliphatic heterocycles. The topological polar surface area (TPSA) is 94.1 Å². The third kappa shape index (κ3) is 4.79. The molecule has 0 amide bonds. The number of benzene rings is 1. The number of carbonyl (C=O) groups excluding carboxylic acids is 2. The van der Waals surface area contributed by atoms with Crippen LogP contribution in [0.2, 0.25) is 5.02 Å². The lowest BCUT2D eigenvalue weighted by Crippen LogP contribution is -2.38. The molecule has 0 aromatic heterocycles. The van der Waals surface area contributed by atoms with Gasteiger partial charge in [-0.25, -0.2) is 4.79 Å². The fourth-order valence-electron chi connectivity index (χ4n) is 4.37. The Kier molecular flexibility index (Phi) is 7.20. The Balaban J connectivity index is 2.12. The largest absolute Gasteiger partial charge is 0.503 e. The number of esters is 1. The quantitative estimate of drug-likeness (QED) is 0.461. The molecule has 1 aromatic carbocycles. The maximum Gasteiger partial charge on any atom is 0.336 e. The number of aromatic hydroxyl groups is 1. The summed E-state index contributed by atoms with van der Waals surface area (Å²) < 4.78 is 16.0. The first-order chi connectivity index (χ1) is 15.1. The summed E-state index contributed by atoms with van der Waals surface area (Å²) in [5, 5.41) is 13.6. The van der Waals surface area contributed by atoms with E-state index in [9.17, 15) is 14.7 Å². The van der Waals surface area contributed by atoms with Crippen molar-refractivity contribution in [2.45, 2.75) is 46.5 Å².